The minimum atomic E-state index is -0.604. The average molecular weight is 218 g/mol. The number of anilines is 1. The molecule has 0 bridgehead atoms. The lowest BCUT2D eigenvalue weighted by Gasteiger charge is -2.06. The summed E-state index contributed by atoms with van der Waals surface area (Å²) in [5.41, 5.74) is 2.55. The predicted octanol–water partition coefficient (Wildman–Crippen LogP) is 3.52. The van der Waals surface area contributed by atoms with Gasteiger partial charge in [0.15, 0.2) is 0 Å². The summed E-state index contributed by atoms with van der Waals surface area (Å²) < 4.78 is 25.6. The van der Waals surface area contributed by atoms with Crippen LogP contribution in [0.2, 0.25) is 0 Å². The second kappa shape index (κ2) is 4.96. The van der Waals surface area contributed by atoms with Gasteiger partial charge in [0, 0.05) is 18.1 Å². The number of hydrogen-bond donors (Lipinski definition) is 1. The van der Waals surface area contributed by atoms with Crippen molar-refractivity contribution < 1.29 is 8.78 Å². The van der Waals surface area contributed by atoms with Crippen LogP contribution in [-0.4, -0.2) is 6.54 Å². The standard InChI is InChI=1S/C10H10ClF2N/c1-7(5-11)6-14-10-3-2-8(12)4-9(10)13/h2-5,14H,6H2,1H3/b7-5-. The van der Waals surface area contributed by atoms with Crippen LogP contribution in [0.3, 0.4) is 0 Å². The SMILES string of the molecule is C/C(=C/Cl)CNc1ccc(F)cc1F. The molecule has 0 heterocycles. The molecule has 1 N–H and O–H groups in total. The summed E-state index contributed by atoms with van der Waals surface area (Å²) in [5.74, 6) is -1.19. The molecule has 76 valence electrons. The Labute approximate surface area is 86.4 Å². The Morgan fingerprint density at radius 3 is 2.79 bits per heavy atom. The number of rotatable bonds is 3. The molecule has 14 heavy (non-hydrogen) atoms. The van der Waals surface area contributed by atoms with Crippen molar-refractivity contribution in [2.24, 2.45) is 0 Å². The molecule has 0 aliphatic carbocycles. The lowest BCUT2D eigenvalue weighted by atomic mass is 10.2. The number of nitrogens with one attached hydrogen (secondary N) is 1. The Kier molecular flexibility index (Phi) is 3.89. The summed E-state index contributed by atoms with van der Waals surface area (Å²) in [4.78, 5) is 0. The molecule has 0 aromatic heterocycles. The van der Waals surface area contributed by atoms with Gasteiger partial charge in [-0.2, -0.15) is 0 Å². The van der Waals surface area contributed by atoms with Crippen LogP contribution in [-0.2, 0) is 0 Å². The van der Waals surface area contributed by atoms with E-state index in [9.17, 15) is 8.78 Å². The number of benzene rings is 1. The fraction of sp³-hybridized carbons (Fsp3) is 0.200. The third kappa shape index (κ3) is 3.00. The molecular formula is C10H10ClF2N. The molecule has 0 amide bonds. The minimum Gasteiger partial charge on any atom is -0.379 e. The van der Waals surface area contributed by atoms with Gasteiger partial charge >= 0.3 is 0 Å². The van der Waals surface area contributed by atoms with E-state index in [0.717, 1.165) is 11.6 Å². The molecule has 0 aliphatic heterocycles. The molecule has 0 aliphatic rings. The van der Waals surface area contributed by atoms with Crippen LogP contribution in [0, 0.1) is 11.6 Å². The molecule has 0 saturated carbocycles. The van der Waals surface area contributed by atoms with Gasteiger partial charge in [-0.1, -0.05) is 11.6 Å². The van der Waals surface area contributed by atoms with Gasteiger partial charge in [-0.15, -0.1) is 0 Å². The highest BCUT2D eigenvalue weighted by Gasteiger charge is 2.02. The van der Waals surface area contributed by atoms with Gasteiger partial charge in [0.1, 0.15) is 11.6 Å². The lowest BCUT2D eigenvalue weighted by molar-refractivity contribution is 0.585. The third-order valence-electron chi connectivity index (χ3n) is 1.68. The molecule has 0 unspecified atom stereocenters. The fourth-order valence-corrected chi connectivity index (χ4v) is 0.983. The summed E-state index contributed by atoms with van der Waals surface area (Å²) in [7, 11) is 0. The van der Waals surface area contributed by atoms with Crippen LogP contribution in [0.15, 0.2) is 29.3 Å². The van der Waals surface area contributed by atoms with E-state index in [1.807, 2.05) is 0 Å². The molecule has 1 aromatic carbocycles. The van der Waals surface area contributed by atoms with E-state index in [-0.39, 0.29) is 5.69 Å². The molecule has 1 nitrogen and oxygen atoms in total. The van der Waals surface area contributed by atoms with Gasteiger partial charge in [-0.3, -0.25) is 0 Å². The highest BCUT2D eigenvalue weighted by molar-refractivity contribution is 6.25. The first-order valence-electron chi connectivity index (χ1n) is 4.08. The van der Waals surface area contributed by atoms with Gasteiger partial charge in [0.2, 0.25) is 0 Å². The van der Waals surface area contributed by atoms with Crippen molar-refractivity contribution in [3.63, 3.8) is 0 Å². The van der Waals surface area contributed by atoms with Crippen LogP contribution >= 0.6 is 11.6 Å². The summed E-state index contributed by atoms with van der Waals surface area (Å²) in [6, 6.07) is 3.39. The Bertz CT molecular complexity index is 350. The van der Waals surface area contributed by atoms with E-state index >= 15 is 0 Å². The molecule has 0 atom stereocenters. The Balaban J connectivity index is 2.68. The van der Waals surface area contributed by atoms with Crippen LogP contribution in [0.25, 0.3) is 0 Å². The van der Waals surface area contributed by atoms with Gasteiger partial charge in [0.05, 0.1) is 5.69 Å². The first kappa shape index (κ1) is 11.0. The highest BCUT2D eigenvalue weighted by atomic mass is 35.5. The molecular weight excluding hydrogens is 208 g/mol. The van der Waals surface area contributed by atoms with Crippen molar-refractivity contribution in [3.8, 4) is 0 Å². The normalized spacial score (nSPS) is 11.6. The topological polar surface area (TPSA) is 12.0 Å². The zero-order valence-corrected chi connectivity index (χ0v) is 8.41. The Morgan fingerprint density at radius 1 is 1.50 bits per heavy atom. The zero-order valence-electron chi connectivity index (χ0n) is 7.65. The van der Waals surface area contributed by atoms with Crippen LogP contribution in [0.1, 0.15) is 6.92 Å². The summed E-state index contributed by atoms with van der Waals surface area (Å²) >= 11 is 5.43. The summed E-state index contributed by atoms with van der Waals surface area (Å²) in [6.45, 7) is 2.24. The van der Waals surface area contributed by atoms with Crippen molar-refractivity contribution in [2.45, 2.75) is 6.92 Å². The third-order valence-corrected chi connectivity index (χ3v) is 2.05. The largest absolute Gasteiger partial charge is 0.379 e. The lowest BCUT2D eigenvalue weighted by Crippen LogP contribution is -2.04. The molecule has 0 saturated heterocycles. The van der Waals surface area contributed by atoms with Gasteiger partial charge < -0.3 is 5.32 Å². The molecule has 1 aromatic rings. The van der Waals surface area contributed by atoms with E-state index < -0.39 is 11.6 Å². The van der Waals surface area contributed by atoms with Crippen LogP contribution < -0.4 is 5.32 Å². The van der Waals surface area contributed by atoms with Gasteiger partial charge in [-0.25, -0.2) is 8.78 Å². The summed E-state index contributed by atoms with van der Waals surface area (Å²) in [6.07, 6.45) is 0. The van der Waals surface area contributed by atoms with Crippen molar-refractivity contribution in [2.75, 3.05) is 11.9 Å². The zero-order chi connectivity index (χ0) is 10.6. The maximum Gasteiger partial charge on any atom is 0.149 e. The van der Waals surface area contributed by atoms with E-state index in [2.05, 4.69) is 5.32 Å². The number of halogens is 3. The predicted molar refractivity (Wildman–Crippen MR) is 54.5 cm³/mol. The van der Waals surface area contributed by atoms with Gasteiger partial charge in [-0.05, 0) is 24.6 Å². The maximum atomic E-state index is 13.0. The van der Waals surface area contributed by atoms with E-state index in [1.54, 1.807) is 6.92 Å². The summed E-state index contributed by atoms with van der Waals surface area (Å²) in [5, 5.41) is 2.80. The Morgan fingerprint density at radius 2 is 2.21 bits per heavy atom. The molecule has 4 heteroatoms. The molecule has 1 rings (SSSR count). The first-order valence-corrected chi connectivity index (χ1v) is 4.52. The Hall–Kier alpha value is -1.09. The van der Waals surface area contributed by atoms with Crippen molar-refractivity contribution in [1.82, 2.24) is 0 Å². The van der Waals surface area contributed by atoms with E-state index in [0.29, 0.717) is 6.54 Å². The average Bonchev–Trinajstić information content (AvgIpc) is 2.16. The van der Waals surface area contributed by atoms with E-state index in [1.165, 1.54) is 17.7 Å². The maximum absolute atomic E-state index is 13.0. The second-order valence-electron chi connectivity index (χ2n) is 2.93. The molecule has 0 radical (unpaired) electrons. The fourth-order valence-electron chi connectivity index (χ4n) is 0.906. The quantitative estimate of drug-likeness (QED) is 0.817. The second-order valence-corrected chi connectivity index (χ2v) is 3.15. The first-order chi connectivity index (χ1) is 6.63. The van der Waals surface area contributed by atoms with Crippen molar-refractivity contribution >= 4 is 17.3 Å². The molecule has 0 spiro atoms. The van der Waals surface area contributed by atoms with Gasteiger partial charge in [0.25, 0.3) is 0 Å². The monoisotopic (exact) mass is 217 g/mol. The minimum absolute atomic E-state index is 0.268. The van der Waals surface area contributed by atoms with Crippen LogP contribution in [0.5, 0.6) is 0 Å². The van der Waals surface area contributed by atoms with Crippen LogP contribution in [0.4, 0.5) is 14.5 Å². The van der Waals surface area contributed by atoms with Crippen molar-refractivity contribution in [1.29, 1.82) is 0 Å². The smallest absolute Gasteiger partial charge is 0.149 e. The van der Waals surface area contributed by atoms with E-state index in [4.69, 9.17) is 11.6 Å². The number of hydrogen-bond acceptors (Lipinski definition) is 1. The highest BCUT2D eigenvalue weighted by Crippen LogP contribution is 2.15. The molecule has 0 fully saturated rings. The van der Waals surface area contributed by atoms with Crippen molar-refractivity contribution in [3.05, 3.63) is 40.9 Å².